The molecule has 52 heavy (non-hydrogen) atoms. The van der Waals surface area contributed by atoms with Gasteiger partial charge in [0, 0.05) is 27.7 Å². The van der Waals surface area contributed by atoms with Crippen LogP contribution in [-0.4, -0.2) is 8.62 Å². The molecule has 1 aliphatic heterocycles. The van der Waals surface area contributed by atoms with Crippen LogP contribution in [0.25, 0.3) is 53.9 Å². The molecule has 0 saturated heterocycles. The largest absolute Gasteiger partial charge is 0.304 e. The fraction of sp³-hybridized carbons (Fsp3) is 0.0417. The van der Waals surface area contributed by atoms with E-state index in [1.807, 2.05) is 12.3 Å². The van der Waals surface area contributed by atoms with E-state index in [4.69, 9.17) is 4.98 Å². The van der Waals surface area contributed by atoms with Crippen molar-refractivity contribution in [1.29, 1.82) is 0 Å². The molecule has 1 aromatic heterocycles. The summed E-state index contributed by atoms with van der Waals surface area (Å²) in [6.07, 6.45) is 8.60. The summed E-state index contributed by atoms with van der Waals surface area (Å²) in [4.78, 5) is 9.86. The Morgan fingerprint density at radius 1 is 0.462 bits per heavy atom. The highest BCUT2D eigenvalue weighted by Crippen LogP contribution is 2.49. The molecule has 0 saturated carbocycles. The molecule has 8 aromatic carbocycles. The number of nitrogens with zero attached hydrogens (tertiary/aromatic N) is 3. The zero-order chi connectivity index (χ0) is 34.8. The van der Waals surface area contributed by atoms with Crippen LogP contribution in [0.15, 0.2) is 168 Å². The summed E-state index contributed by atoms with van der Waals surface area (Å²) in [5, 5.41) is 12.6. The van der Waals surface area contributed by atoms with Gasteiger partial charge in [0.15, 0.2) is 0 Å². The van der Waals surface area contributed by atoms with Crippen LogP contribution in [0.2, 0.25) is 0 Å². The standard InChI is InChI=1S/C48H34IN3/c1-31-29-43(51(45-21-7-9-27-49-45)41-19-11-15-33-13-3-5-17-37(33)41)39-25-23-36-32(2)30-44(40-26-24-35(31)47(39)48(36)40)52(46-22-8-10-28-50-46)42-20-12-16-34-14-4-6-18-38(34)42/h3-30H,1-2H3. The van der Waals surface area contributed by atoms with Gasteiger partial charge in [0.05, 0.1) is 26.4 Å². The molecule has 0 unspecified atom stereocenters. The number of fused-ring (bicyclic) bond motifs is 2. The maximum absolute atomic E-state index is 4.95. The number of pyridine rings is 1. The van der Waals surface area contributed by atoms with Gasteiger partial charge in [-0.25, -0.2) is 4.98 Å². The van der Waals surface area contributed by atoms with E-state index in [1.54, 1.807) is 0 Å². The minimum absolute atomic E-state index is 0.341. The Morgan fingerprint density at radius 3 is 1.58 bits per heavy atom. The van der Waals surface area contributed by atoms with E-state index in [0.717, 1.165) is 17.2 Å². The first-order chi connectivity index (χ1) is 25.7. The van der Waals surface area contributed by atoms with Crippen LogP contribution in [0.5, 0.6) is 0 Å². The third-order valence-electron chi connectivity index (χ3n) is 10.4. The van der Waals surface area contributed by atoms with Gasteiger partial charge in [-0.1, -0.05) is 136 Å². The van der Waals surface area contributed by atoms with Crippen molar-refractivity contribution in [2.24, 2.45) is 0 Å². The average molecular weight is 780 g/mol. The second-order valence-electron chi connectivity index (χ2n) is 13.5. The fourth-order valence-electron chi connectivity index (χ4n) is 8.14. The Hall–Kier alpha value is -5.85. The lowest BCUT2D eigenvalue weighted by Gasteiger charge is -2.31. The van der Waals surface area contributed by atoms with E-state index in [-0.39, 0.29) is 20.7 Å². The zero-order valence-corrected chi connectivity index (χ0v) is 31.0. The molecule has 4 heteroatoms. The maximum atomic E-state index is 4.95. The third kappa shape index (κ3) is 4.85. The minimum atomic E-state index is -0.341. The smallest absolute Gasteiger partial charge is 0.137 e. The molecule has 0 atom stereocenters. The van der Waals surface area contributed by atoms with E-state index in [9.17, 15) is 0 Å². The van der Waals surface area contributed by atoms with Crippen LogP contribution in [0.1, 0.15) is 11.1 Å². The highest BCUT2D eigenvalue weighted by atomic mass is 127. The number of allylic oxidation sites excluding steroid dienone is 2. The van der Waals surface area contributed by atoms with Gasteiger partial charge in [0.1, 0.15) is 5.82 Å². The lowest BCUT2D eigenvalue weighted by molar-refractivity contribution is 1.19. The Balaban J connectivity index is 1.30. The molecule has 0 bridgehead atoms. The first-order valence-corrected chi connectivity index (χ1v) is 20.0. The predicted octanol–water partition coefficient (Wildman–Crippen LogP) is 13.7. The van der Waals surface area contributed by atoms with Crippen LogP contribution in [0.4, 0.5) is 28.6 Å². The Kier molecular flexibility index (Phi) is 7.39. The van der Waals surface area contributed by atoms with Crippen molar-refractivity contribution in [3.63, 3.8) is 0 Å². The molecule has 1 aliphatic rings. The molecular weight excluding hydrogens is 745 g/mol. The average Bonchev–Trinajstić information content (AvgIpc) is 3.20. The number of rotatable bonds is 6. The van der Waals surface area contributed by atoms with E-state index >= 15 is 0 Å². The zero-order valence-electron chi connectivity index (χ0n) is 28.9. The molecule has 0 aliphatic carbocycles. The molecule has 0 radical (unpaired) electrons. The van der Waals surface area contributed by atoms with Crippen LogP contribution in [0.3, 0.4) is 0 Å². The van der Waals surface area contributed by atoms with Gasteiger partial charge in [0.2, 0.25) is 0 Å². The first-order valence-electron chi connectivity index (χ1n) is 17.7. The van der Waals surface area contributed by atoms with E-state index < -0.39 is 0 Å². The first kappa shape index (κ1) is 30.9. The fourth-order valence-corrected chi connectivity index (χ4v) is 10.2. The second-order valence-corrected chi connectivity index (χ2v) is 15.9. The third-order valence-corrected chi connectivity index (χ3v) is 12.7. The Bertz CT molecular complexity index is 2930. The second kappa shape index (κ2) is 12.4. The molecule has 248 valence electrons. The summed E-state index contributed by atoms with van der Waals surface area (Å²) in [6, 6.07) is 51.0. The van der Waals surface area contributed by atoms with Crippen molar-refractivity contribution in [2.45, 2.75) is 13.8 Å². The molecule has 0 spiro atoms. The van der Waals surface area contributed by atoms with Crippen LogP contribution in [-0.2, 0) is 0 Å². The molecule has 0 N–H and O–H groups in total. The van der Waals surface area contributed by atoms with Gasteiger partial charge in [-0.3, -0.25) is 4.90 Å². The van der Waals surface area contributed by atoms with Crippen molar-refractivity contribution in [3.05, 3.63) is 179 Å². The van der Waals surface area contributed by atoms with Crippen LogP contribution >= 0.6 is 20.7 Å². The van der Waals surface area contributed by atoms with Crippen molar-refractivity contribution in [3.8, 4) is 0 Å². The number of aromatic nitrogens is 1. The summed E-state index contributed by atoms with van der Waals surface area (Å²) >= 11 is -0.341. The van der Waals surface area contributed by atoms with Crippen molar-refractivity contribution < 1.29 is 0 Å². The van der Waals surface area contributed by atoms with Gasteiger partial charge in [-0.15, -0.1) is 0 Å². The number of hydrogen-bond acceptors (Lipinski definition) is 3. The highest BCUT2D eigenvalue weighted by Gasteiger charge is 2.25. The molecule has 3 nitrogen and oxygen atoms in total. The van der Waals surface area contributed by atoms with E-state index in [2.05, 4.69) is 179 Å². The monoisotopic (exact) mass is 779 g/mol. The summed E-state index contributed by atoms with van der Waals surface area (Å²) in [5.41, 5.74) is 7.20. The van der Waals surface area contributed by atoms with Gasteiger partial charge in [-0.2, -0.15) is 0 Å². The summed E-state index contributed by atoms with van der Waals surface area (Å²) in [7, 11) is 0. The van der Waals surface area contributed by atoms with Crippen molar-refractivity contribution in [1.82, 2.24) is 4.98 Å². The normalized spacial score (nSPS) is 12.9. The van der Waals surface area contributed by atoms with Gasteiger partial charge in [-0.05, 0) is 104 Å². The number of anilines is 5. The van der Waals surface area contributed by atoms with E-state index in [1.165, 1.54) is 80.0 Å². The van der Waals surface area contributed by atoms with Crippen LogP contribution in [0, 0.1) is 13.8 Å². The minimum Gasteiger partial charge on any atom is -0.304 e. The highest BCUT2D eigenvalue weighted by molar-refractivity contribution is 14.2. The molecular formula is C48H34IN3. The van der Waals surface area contributed by atoms with Crippen LogP contribution < -0.4 is 9.80 Å². The molecule has 2 heterocycles. The van der Waals surface area contributed by atoms with E-state index in [0.29, 0.717) is 0 Å². The lowest BCUT2D eigenvalue weighted by atomic mass is 9.88. The molecule has 0 amide bonds. The lowest BCUT2D eigenvalue weighted by Crippen LogP contribution is -2.23. The van der Waals surface area contributed by atoms with Gasteiger partial charge < -0.3 is 4.90 Å². The predicted molar refractivity (Wildman–Crippen MR) is 233 cm³/mol. The SMILES string of the molecule is Cc1cc(N(C2=IC=CC=C2)c2cccc3ccccc23)c2ccc3c(C)cc(N(c4ccccn4)c4cccc5ccccc45)c4ccc1c2c34. The maximum Gasteiger partial charge on any atom is 0.137 e. The Labute approximate surface area is 312 Å². The van der Waals surface area contributed by atoms with Crippen molar-refractivity contribution in [2.75, 3.05) is 9.80 Å². The quantitative estimate of drug-likeness (QED) is 0.124. The Morgan fingerprint density at radius 2 is 1.00 bits per heavy atom. The number of aryl methyl sites for hydroxylation is 2. The summed E-state index contributed by atoms with van der Waals surface area (Å²) < 4.78 is 3.73. The summed E-state index contributed by atoms with van der Waals surface area (Å²) in [5.74, 6) is 0.893. The molecule has 9 aromatic rings. The summed E-state index contributed by atoms with van der Waals surface area (Å²) in [6.45, 7) is 4.53. The van der Waals surface area contributed by atoms with Gasteiger partial charge in [0.25, 0.3) is 0 Å². The van der Waals surface area contributed by atoms with Crippen molar-refractivity contribution >= 4 is 107 Å². The number of halogens is 1. The topological polar surface area (TPSA) is 19.4 Å². The number of benzene rings is 8. The van der Waals surface area contributed by atoms with Gasteiger partial charge >= 0.3 is 0 Å². The number of hydrogen-bond donors (Lipinski definition) is 0. The molecule has 10 rings (SSSR count). The molecule has 0 fully saturated rings.